The van der Waals surface area contributed by atoms with Gasteiger partial charge in [0.2, 0.25) is 5.91 Å². The summed E-state index contributed by atoms with van der Waals surface area (Å²) in [5.41, 5.74) is -1.53. The molecule has 3 amide bonds. The summed E-state index contributed by atoms with van der Waals surface area (Å²) < 4.78 is 41.1. The van der Waals surface area contributed by atoms with Crippen molar-refractivity contribution in [2.45, 2.75) is 97.4 Å². The maximum atomic E-state index is 13.2. The maximum Gasteiger partial charge on any atom is 0.417 e. The molecule has 1 saturated heterocycles. The van der Waals surface area contributed by atoms with Crippen LogP contribution in [0.25, 0.3) is 0 Å². The van der Waals surface area contributed by atoms with Crippen LogP contribution in [-0.2, 0) is 28.6 Å². The standard InChI is InChI=1S/C18H23F2NO5.C10H15NO5/c1-5-25-16(23)14(21-17(24)26-18(2,3)4)8-9-15(22)11-6-7-12(19)13(20)10-11;1-10(2,3)16-9(15)11-6(8(13)14)4-5-7(11)12/h6-7,10,14H,5,8-9H2,1-4H3,(H,21,24);6H,4-5H2,1-3H3,(H,13,14)/t14-;6-/m11/s1. The van der Waals surface area contributed by atoms with E-state index in [1.807, 2.05) is 0 Å². The first-order chi connectivity index (χ1) is 19.3. The normalized spacial score (nSPS) is 15.6. The number of rotatable bonds is 8. The van der Waals surface area contributed by atoms with E-state index in [9.17, 15) is 37.5 Å². The van der Waals surface area contributed by atoms with E-state index >= 15 is 0 Å². The third-order valence-electron chi connectivity index (χ3n) is 5.25. The fourth-order valence-corrected chi connectivity index (χ4v) is 3.49. The fraction of sp³-hybridized carbons (Fsp3) is 0.571. The minimum Gasteiger partial charge on any atom is -0.480 e. The van der Waals surface area contributed by atoms with E-state index in [2.05, 4.69) is 5.32 Å². The highest BCUT2D eigenvalue weighted by molar-refractivity contribution is 5.99. The Labute approximate surface area is 242 Å². The third-order valence-corrected chi connectivity index (χ3v) is 5.25. The van der Waals surface area contributed by atoms with Crippen LogP contribution in [0.4, 0.5) is 18.4 Å². The van der Waals surface area contributed by atoms with Crippen molar-refractivity contribution in [1.29, 1.82) is 0 Å². The molecule has 0 unspecified atom stereocenters. The van der Waals surface area contributed by atoms with Crippen LogP contribution in [0.5, 0.6) is 0 Å². The lowest BCUT2D eigenvalue weighted by Gasteiger charge is -2.25. The highest BCUT2D eigenvalue weighted by Gasteiger charge is 2.42. The summed E-state index contributed by atoms with van der Waals surface area (Å²) in [6.07, 6.45) is -1.75. The number of halogens is 2. The monoisotopic (exact) mass is 600 g/mol. The van der Waals surface area contributed by atoms with Gasteiger partial charge >= 0.3 is 24.1 Å². The predicted molar refractivity (Wildman–Crippen MR) is 143 cm³/mol. The molecule has 2 N–H and O–H groups in total. The van der Waals surface area contributed by atoms with E-state index in [0.29, 0.717) is 4.90 Å². The molecule has 0 aliphatic carbocycles. The zero-order chi connectivity index (χ0) is 32.4. The van der Waals surface area contributed by atoms with E-state index in [1.165, 1.54) is 0 Å². The van der Waals surface area contributed by atoms with Crippen LogP contribution in [0.15, 0.2) is 18.2 Å². The Bertz CT molecular complexity index is 1170. The van der Waals surface area contributed by atoms with Crippen molar-refractivity contribution in [2.24, 2.45) is 0 Å². The molecule has 0 spiro atoms. The molecule has 14 heteroatoms. The third kappa shape index (κ3) is 12.2. The lowest BCUT2D eigenvalue weighted by Crippen LogP contribution is -2.45. The maximum absolute atomic E-state index is 13.2. The molecule has 2 rings (SSSR count). The van der Waals surface area contributed by atoms with Crippen molar-refractivity contribution in [2.75, 3.05) is 6.61 Å². The van der Waals surface area contributed by atoms with Gasteiger partial charge in [0, 0.05) is 18.4 Å². The summed E-state index contributed by atoms with van der Waals surface area (Å²) >= 11 is 0. The van der Waals surface area contributed by atoms with Crippen LogP contribution in [0.3, 0.4) is 0 Å². The molecule has 2 atom stereocenters. The number of carboxylic acid groups (broad SMARTS) is 1. The summed E-state index contributed by atoms with van der Waals surface area (Å²) in [5, 5.41) is 11.2. The second-order valence-corrected chi connectivity index (χ2v) is 11.2. The van der Waals surface area contributed by atoms with E-state index in [0.717, 1.165) is 18.2 Å². The molecule has 1 aromatic rings. The predicted octanol–water partition coefficient (Wildman–Crippen LogP) is 4.38. The number of hydrogen-bond donors (Lipinski definition) is 2. The summed E-state index contributed by atoms with van der Waals surface area (Å²) in [6, 6.07) is 0.603. The van der Waals surface area contributed by atoms with Gasteiger partial charge in [-0.05, 0) is 79.5 Å². The molecular formula is C28H38F2N2O10. The number of esters is 1. The molecule has 42 heavy (non-hydrogen) atoms. The van der Waals surface area contributed by atoms with Gasteiger partial charge in [-0.25, -0.2) is 32.9 Å². The van der Waals surface area contributed by atoms with Gasteiger partial charge in [-0.15, -0.1) is 0 Å². The highest BCUT2D eigenvalue weighted by Crippen LogP contribution is 2.22. The molecular weight excluding hydrogens is 562 g/mol. The number of alkyl carbamates (subject to hydrolysis) is 1. The van der Waals surface area contributed by atoms with E-state index in [4.69, 9.17) is 19.3 Å². The molecule has 0 bridgehead atoms. The van der Waals surface area contributed by atoms with Gasteiger partial charge in [-0.2, -0.15) is 0 Å². The van der Waals surface area contributed by atoms with E-state index in [-0.39, 0.29) is 37.9 Å². The molecule has 0 aromatic heterocycles. The van der Waals surface area contributed by atoms with Crippen molar-refractivity contribution in [3.63, 3.8) is 0 Å². The van der Waals surface area contributed by atoms with Crippen LogP contribution >= 0.6 is 0 Å². The van der Waals surface area contributed by atoms with Gasteiger partial charge in [0.1, 0.15) is 23.3 Å². The molecule has 1 aromatic carbocycles. The van der Waals surface area contributed by atoms with E-state index in [1.54, 1.807) is 48.5 Å². The minimum absolute atomic E-state index is 0.0243. The van der Waals surface area contributed by atoms with Crippen LogP contribution in [0.1, 0.15) is 84.5 Å². The number of carbonyl (C=O) groups excluding carboxylic acids is 5. The Morgan fingerprint density at radius 1 is 1.02 bits per heavy atom. The topological polar surface area (TPSA) is 166 Å². The largest absolute Gasteiger partial charge is 0.480 e. The first-order valence-corrected chi connectivity index (χ1v) is 13.2. The van der Waals surface area contributed by atoms with Crippen molar-refractivity contribution < 1.29 is 56.9 Å². The molecule has 12 nitrogen and oxygen atoms in total. The number of Topliss-reactive ketones (excluding diaryl/α,β-unsaturated/α-hetero) is 1. The number of aliphatic carboxylic acids is 1. The summed E-state index contributed by atoms with van der Waals surface area (Å²) in [5.74, 6) is -5.08. The van der Waals surface area contributed by atoms with Gasteiger partial charge in [0.15, 0.2) is 17.4 Å². The zero-order valence-electron chi connectivity index (χ0n) is 24.7. The van der Waals surface area contributed by atoms with Crippen molar-refractivity contribution in [3.8, 4) is 0 Å². The summed E-state index contributed by atoms with van der Waals surface area (Å²) in [7, 11) is 0. The van der Waals surface area contributed by atoms with Crippen LogP contribution < -0.4 is 5.32 Å². The number of imide groups is 1. The quantitative estimate of drug-likeness (QED) is 0.248. The molecule has 1 heterocycles. The lowest BCUT2D eigenvalue weighted by molar-refractivity contribution is -0.146. The number of carboxylic acids is 1. The number of benzene rings is 1. The van der Waals surface area contributed by atoms with Crippen molar-refractivity contribution in [1.82, 2.24) is 10.2 Å². The first-order valence-electron chi connectivity index (χ1n) is 13.2. The Morgan fingerprint density at radius 2 is 1.62 bits per heavy atom. The van der Waals surface area contributed by atoms with Crippen LogP contribution in [-0.4, -0.2) is 75.7 Å². The Morgan fingerprint density at radius 3 is 2.12 bits per heavy atom. The van der Waals surface area contributed by atoms with Gasteiger partial charge in [-0.3, -0.25) is 9.59 Å². The molecule has 0 saturated carbocycles. The smallest absolute Gasteiger partial charge is 0.417 e. The fourth-order valence-electron chi connectivity index (χ4n) is 3.49. The van der Waals surface area contributed by atoms with Gasteiger partial charge in [0.25, 0.3) is 0 Å². The lowest BCUT2D eigenvalue weighted by atomic mass is 10.0. The SMILES string of the molecule is CC(C)(C)OC(=O)N1C(=O)CC[C@@H]1C(=O)O.CCOC(=O)[C@@H](CCC(=O)c1ccc(F)c(F)c1)NC(=O)OC(C)(C)C. The minimum atomic E-state index is -1.18. The summed E-state index contributed by atoms with van der Waals surface area (Å²) in [4.78, 5) is 70.5. The molecule has 1 aliphatic rings. The molecule has 1 fully saturated rings. The molecule has 0 radical (unpaired) electrons. The Kier molecular flexibility index (Phi) is 13.0. The number of nitrogens with zero attached hydrogens (tertiary/aromatic N) is 1. The average Bonchev–Trinajstić information content (AvgIpc) is 3.23. The van der Waals surface area contributed by atoms with Crippen molar-refractivity contribution in [3.05, 3.63) is 35.4 Å². The van der Waals surface area contributed by atoms with Crippen molar-refractivity contribution >= 4 is 35.8 Å². The number of nitrogens with one attached hydrogen (secondary N) is 1. The Balaban J connectivity index is 0.000000470. The van der Waals surface area contributed by atoms with Gasteiger partial charge in [-0.1, -0.05) is 0 Å². The van der Waals surface area contributed by atoms with Crippen LogP contribution in [0.2, 0.25) is 0 Å². The number of amides is 3. The van der Waals surface area contributed by atoms with Crippen LogP contribution in [0, 0.1) is 11.6 Å². The number of likely N-dealkylation sites (tertiary alicyclic amines) is 1. The van der Waals surface area contributed by atoms with Gasteiger partial charge < -0.3 is 24.6 Å². The average molecular weight is 601 g/mol. The number of hydrogen-bond acceptors (Lipinski definition) is 9. The first kappa shape index (κ1) is 35.9. The number of ketones is 1. The number of carbonyl (C=O) groups is 6. The Hall–Kier alpha value is -4.10. The zero-order valence-corrected chi connectivity index (χ0v) is 24.7. The highest BCUT2D eigenvalue weighted by atomic mass is 19.2. The second-order valence-electron chi connectivity index (χ2n) is 11.2. The number of ether oxygens (including phenoxy) is 3. The van der Waals surface area contributed by atoms with Gasteiger partial charge in [0.05, 0.1) is 6.61 Å². The molecule has 234 valence electrons. The second kappa shape index (κ2) is 15.2. The van der Waals surface area contributed by atoms with E-state index < -0.39 is 70.7 Å². The summed E-state index contributed by atoms with van der Waals surface area (Å²) in [6.45, 7) is 11.7. The molecule has 1 aliphatic heterocycles.